The van der Waals surface area contributed by atoms with Crippen LogP contribution in [-0.4, -0.2) is 30.3 Å². The van der Waals surface area contributed by atoms with Crippen molar-refractivity contribution in [3.63, 3.8) is 0 Å². The fourth-order valence-corrected chi connectivity index (χ4v) is 4.95. The summed E-state index contributed by atoms with van der Waals surface area (Å²) in [6.07, 6.45) is 3.00. The second-order valence-corrected chi connectivity index (χ2v) is 10.1. The summed E-state index contributed by atoms with van der Waals surface area (Å²) in [7, 11) is 0. The van der Waals surface area contributed by atoms with Gasteiger partial charge in [-0.2, -0.15) is 0 Å². The maximum Gasteiger partial charge on any atom is 0.262 e. The number of nitrogens with zero attached hydrogens (tertiary/aromatic N) is 4. The number of nitrogens with one attached hydrogen (secondary N) is 1. The summed E-state index contributed by atoms with van der Waals surface area (Å²) in [6.45, 7) is 8.80. The molecule has 0 aliphatic rings. The molecule has 0 bridgehead atoms. The third-order valence-electron chi connectivity index (χ3n) is 5.96. The number of aromatic nitrogens is 4. The molecule has 0 aliphatic heterocycles. The van der Waals surface area contributed by atoms with Gasteiger partial charge in [-0.15, -0.1) is 10.2 Å². The molecule has 1 N–H and O–H groups in total. The maximum absolute atomic E-state index is 13.2. The van der Waals surface area contributed by atoms with Crippen LogP contribution in [0.4, 0.5) is 5.69 Å². The average molecular weight is 478 g/mol. The molecule has 2 aromatic carbocycles. The van der Waals surface area contributed by atoms with Crippen molar-refractivity contribution >= 4 is 40.0 Å². The van der Waals surface area contributed by atoms with E-state index in [0.29, 0.717) is 28.8 Å². The van der Waals surface area contributed by atoms with Gasteiger partial charge in [0, 0.05) is 12.2 Å². The smallest absolute Gasteiger partial charge is 0.262 e. The average Bonchev–Trinajstić information content (AvgIpc) is 3.25. The molecule has 4 aromatic rings. The van der Waals surface area contributed by atoms with Crippen LogP contribution in [0.15, 0.2) is 58.5 Å². The molecule has 4 rings (SSSR count). The molecule has 1 amide bonds. The Hall–Kier alpha value is -3.13. The molecule has 7 nitrogen and oxygen atoms in total. The molecule has 0 fully saturated rings. The van der Waals surface area contributed by atoms with Gasteiger partial charge in [0.2, 0.25) is 11.7 Å². The molecule has 1 unspecified atom stereocenters. The first-order valence-corrected chi connectivity index (χ1v) is 12.7. The minimum Gasteiger partial charge on any atom is -0.325 e. The summed E-state index contributed by atoms with van der Waals surface area (Å²) >= 11 is 1.34. The Kier molecular flexibility index (Phi) is 7.36. The largest absolute Gasteiger partial charge is 0.325 e. The van der Waals surface area contributed by atoms with Crippen LogP contribution < -0.4 is 10.9 Å². The third-order valence-corrected chi connectivity index (χ3v) is 7.00. The number of hydrogen-bond acceptors (Lipinski definition) is 5. The molecular weight excluding hydrogens is 446 g/mol. The molecule has 0 saturated carbocycles. The topological polar surface area (TPSA) is 81.3 Å². The van der Waals surface area contributed by atoms with Crippen LogP contribution >= 0.6 is 11.8 Å². The highest BCUT2D eigenvalue weighted by atomic mass is 32.2. The van der Waals surface area contributed by atoms with Gasteiger partial charge >= 0.3 is 0 Å². The van der Waals surface area contributed by atoms with E-state index in [1.54, 1.807) is 4.57 Å². The SMILES string of the molecule is CCCCCn1c(=O)c2ccccc2n2c(SC(C)C(=O)Nc3ccccc3C(C)C)nnc12. The van der Waals surface area contributed by atoms with Gasteiger partial charge in [-0.1, -0.05) is 75.7 Å². The normalized spacial score (nSPS) is 12.5. The predicted octanol–water partition coefficient (Wildman–Crippen LogP) is 5.48. The molecule has 2 aromatic heterocycles. The number of unbranched alkanes of at least 4 members (excludes halogenated alkanes) is 2. The summed E-state index contributed by atoms with van der Waals surface area (Å²) in [5.74, 6) is 0.714. The van der Waals surface area contributed by atoms with E-state index in [1.807, 2.05) is 59.9 Å². The first-order valence-electron chi connectivity index (χ1n) is 11.9. The number of carbonyl (C=O) groups excluding carboxylic acids is 1. The van der Waals surface area contributed by atoms with Gasteiger partial charge in [-0.05, 0) is 43.0 Å². The van der Waals surface area contributed by atoms with Gasteiger partial charge in [0.1, 0.15) is 0 Å². The fourth-order valence-electron chi connectivity index (χ4n) is 4.09. The molecule has 8 heteroatoms. The second-order valence-electron chi connectivity index (χ2n) is 8.79. The maximum atomic E-state index is 13.2. The monoisotopic (exact) mass is 477 g/mol. The first kappa shape index (κ1) is 24.0. The molecule has 178 valence electrons. The standard InChI is InChI=1S/C26H31N5O2S/c1-5-6-11-16-30-24(33)20-13-8-10-15-22(20)31-25(30)28-29-26(31)34-18(4)23(32)27-21-14-9-7-12-19(21)17(2)3/h7-10,12-15,17-18H,5-6,11,16H2,1-4H3,(H,27,32). The van der Waals surface area contributed by atoms with Gasteiger partial charge in [0.25, 0.3) is 5.56 Å². The van der Waals surface area contributed by atoms with E-state index in [-0.39, 0.29) is 11.5 Å². The second kappa shape index (κ2) is 10.4. The molecule has 0 spiro atoms. The Morgan fingerprint density at radius 3 is 2.53 bits per heavy atom. The van der Waals surface area contributed by atoms with Crippen LogP contribution in [0.25, 0.3) is 16.7 Å². The van der Waals surface area contributed by atoms with Gasteiger partial charge in [0.05, 0.1) is 16.2 Å². The number of fused-ring (bicyclic) bond motifs is 3. The quantitative estimate of drug-likeness (QED) is 0.255. The number of carbonyl (C=O) groups is 1. The lowest BCUT2D eigenvalue weighted by molar-refractivity contribution is -0.115. The van der Waals surface area contributed by atoms with E-state index in [2.05, 4.69) is 36.3 Å². The zero-order valence-corrected chi connectivity index (χ0v) is 20.9. The van der Waals surface area contributed by atoms with E-state index in [0.717, 1.165) is 36.0 Å². The lowest BCUT2D eigenvalue weighted by Gasteiger charge is -2.16. The Labute approximate surface area is 203 Å². The van der Waals surface area contributed by atoms with Crippen LogP contribution in [0.5, 0.6) is 0 Å². The van der Waals surface area contributed by atoms with Crippen molar-refractivity contribution in [1.29, 1.82) is 0 Å². The van der Waals surface area contributed by atoms with E-state index in [4.69, 9.17) is 0 Å². The van der Waals surface area contributed by atoms with Crippen molar-refractivity contribution < 1.29 is 4.79 Å². The van der Waals surface area contributed by atoms with Crippen LogP contribution in [0.2, 0.25) is 0 Å². The number of thioether (sulfide) groups is 1. The molecule has 1 atom stereocenters. The zero-order valence-electron chi connectivity index (χ0n) is 20.1. The summed E-state index contributed by atoms with van der Waals surface area (Å²) in [4.78, 5) is 26.2. The summed E-state index contributed by atoms with van der Waals surface area (Å²) in [5.41, 5.74) is 2.62. The zero-order chi connectivity index (χ0) is 24.2. The Morgan fingerprint density at radius 1 is 1.03 bits per heavy atom. The van der Waals surface area contributed by atoms with E-state index < -0.39 is 5.25 Å². The van der Waals surface area contributed by atoms with Gasteiger partial charge in [0.15, 0.2) is 5.16 Å². The highest BCUT2D eigenvalue weighted by Gasteiger charge is 2.22. The predicted molar refractivity (Wildman–Crippen MR) is 139 cm³/mol. The first-order chi connectivity index (χ1) is 16.4. The van der Waals surface area contributed by atoms with Crippen molar-refractivity contribution in [1.82, 2.24) is 19.2 Å². The van der Waals surface area contributed by atoms with E-state index in [9.17, 15) is 9.59 Å². The number of hydrogen-bond donors (Lipinski definition) is 1. The van der Waals surface area contributed by atoms with Gasteiger partial charge in [-0.3, -0.25) is 18.6 Å². The van der Waals surface area contributed by atoms with E-state index in [1.165, 1.54) is 11.8 Å². The molecule has 0 radical (unpaired) electrons. The Bertz CT molecular complexity index is 1370. The highest BCUT2D eigenvalue weighted by Crippen LogP contribution is 2.28. The molecule has 2 heterocycles. The number of para-hydroxylation sites is 2. The summed E-state index contributed by atoms with van der Waals surface area (Å²) in [6, 6.07) is 15.4. The van der Waals surface area contributed by atoms with Crippen molar-refractivity contribution in [2.75, 3.05) is 5.32 Å². The Morgan fingerprint density at radius 2 is 1.76 bits per heavy atom. The third kappa shape index (κ3) is 4.73. The lowest BCUT2D eigenvalue weighted by Crippen LogP contribution is -2.24. The van der Waals surface area contributed by atoms with Crippen LogP contribution in [0.3, 0.4) is 0 Å². The summed E-state index contributed by atoms with van der Waals surface area (Å²) < 4.78 is 3.61. The number of anilines is 1. The minimum absolute atomic E-state index is 0.0563. The van der Waals surface area contributed by atoms with E-state index >= 15 is 0 Å². The van der Waals surface area contributed by atoms with Gasteiger partial charge < -0.3 is 5.32 Å². The van der Waals surface area contributed by atoms with Crippen molar-refractivity contribution in [3.8, 4) is 0 Å². The lowest BCUT2D eigenvalue weighted by atomic mass is 10.0. The van der Waals surface area contributed by atoms with Crippen LogP contribution in [0.1, 0.15) is 58.4 Å². The van der Waals surface area contributed by atoms with Crippen molar-refractivity contribution in [2.45, 2.75) is 69.8 Å². The Balaban J connectivity index is 1.67. The van der Waals surface area contributed by atoms with Crippen molar-refractivity contribution in [2.24, 2.45) is 0 Å². The minimum atomic E-state index is -0.410. The number of benzene rings is 2. The highest BCUT2D eigenvalue weighted by molar-refractivity contribution is 8.00. The fraction of sp³-hybridized carbons (Fsp3) is 0.385. The molecular formula is C26H31N5O2S. The molecule has 0 aliphatic carbocycles. The number of amides is 1. The van der Waals surface area contributed by atoms with Gasteiger partial charge in [-0.25, -0.2) is 0 Å². The summed E-state index contributed by atoms with van der Waals surface area (Å²) in [5, 5.41) is 12.6. The van der Waals surface area contributed by atoms with Crippen molar-refractivity contribution in [3.05, 3.63) is 64.4 Å². The molecule has 34 heavy (non-hydrogen) atoms. The molecule has 0 saturated heterocycles. The number of aryl methyl sites for hydroxylation is 1. The van der Waals surface area contributed by atoms with Crippen LogP contribution in [-0.2, 0) is 11.3 Å². The number of rotatable bonds is 9. The van der Waals surface area contributed by atoms with Crippen LogP contribution in [0, 0.1) is 0 Å².